The Hall–Kier alpha value is -2.30. The molecule has 0 aromatic heterocycles. The Kier molecular flexibility index (Phi) is 2.58. The Morgan fingerprint density at radius 2 is 1.62 bits per heavy atom. The van der Waals surface area contributed by atoms with Gasteiger partial charge < -0.3 is 0 Å². The zero-order valence-electron chi connectivity index (χ0n) is 11.1. The molecule has 1 aromatic carbocycles. The van der Waals surface area contributed by atoms with Crippen LogP contribution in [-0.4, -0.2) is 23.0 Å². The summed E-state index contributed by atoms with van der Waals surface area (Å²) in [6.07, 6.45) is 6.42. The molecule has 4 nitrogen and oxygen atoms in total. The second-order valence-corrected chi connectivity index (χ2v) is 5.78. The molecule has 1 saturated carbocycles. The molecule has 0 radical (unpaired) electrons. The van der Waals surface area contributed by atoms with Crippen LogP contribution in [0.1, 0.15) is 12.0 Å². The molecule has 21 heavy (non-hydrogen) atoms. The van der Waals surface area contributed by atoms with Crippen molar-refractivity contribution in [3.05, 3.63) is 47.8 Å². The number of hydrogen-bond acceptors (Lipinski definition) is 3. The average Bonchev–Trinajstić information content (AvgIpc) is 3.14. The van der Waals surface area contributed by atoms with Gasteiger partial charge in [-0.3, -0.25) is 9.59 Å². The number of nitrogens with zero attached hydrogens (tertiary/aromatic N) is 2. The Morgan fingerprint density at radius 1 is 1.05 bits per heavy atom. The maximum absolute atomic E-state index is 12.8. The van der Waals surface area contributed by atoms with Crippen molar-refractivity contribution in [2.75, 3.05) is 0 Å². The van der Waals surface area contributed by atoms with E-state index >= 15 is 0 Å². The lowest BCUT2D eigenvalue weighted by Gasteiger charge is -2.13. The summed E-state index contributed by atoms with van der Waals surface area (Å²) in [5.41, 5.74) is 0.648. The van der Waals surface area contributed by atoms with Crippen molar-refractivity contribution in [2.24, 2.45) is 28.8 Å². The molecule has 2 aliphatic carbocycles. The molecule has 0 spiro atoms. The molecule has 1 aliphatic heterocycles. The van der Waals surface area contributed by atoms with Gasteiger partial charge in [0.25, 0.3) is 11.8 Å². The summed E-state index contributed by atoms with van der Waals surface area (Å²) < 4.78 is 12.8. The minimum Gasteiger partial charge on any atom is -0.272 e. The second-order valence-electron chi connectivity index (χ2n) is 5.78. The lowest BCUT2D eigenvalue weighted by atomic mass is 9.85. The van der Waals surface area contributed by atoms with Crippen molar-refractivity contribution in [2.45, 2.75) is 6.42 Å². The molecular weight excluding hydrogens is 271 g/mol. The highest BCUT2D eigenvalue weighted by atomic mass is 19.1. The fourth-order valence-corrected chi connectivity index (χ4v) is 3.67. The van der Waals surface area contributed by atoms with Crippen LogP contribution in [0.4, 0.5) is 4.39 Å². The molecule has 3 aliphatic rings. The number of hydrazone groups is 1. The van der Waals surface area contributed by atoms with E-state index in [1.54, 1.807) is 12.1 Å². The molecule has 1 heterocycles. The van der Waals surface area contributed by atoms with Crippen LogP contribution in [-0.2, 0) is 9.59 Å². The summed E-state index contributed by atoms with van der Waals surface area (Å²) in [7, 11) is 0. The van der Waals surface area contributed by atoms with Crippen LogP contribution in [0.25, 0.3) is 0 Å². The van der Waals surface area contributed by atoms with Crippen LogP contribution in [0.3, 0.4) is 0 Å². The molecule has 2 bridgehead atoms. The van der Waals surface area contributed by atoms with Crippen LogP contribution in [0.5, 0.6) is 0 Å². The van der Waals surface area contributed by atoms with Crippen molar-refractivity contribution >= 4 is 18.0 Å². The number of benzene rings is 1. The summed E-state index contributed by atoms with van der Waals surface area (Å²) in [4.78, 5) is 24.7. The molecular formula is C16H13FN2O2. The minimum atomic E-state index is -0.336. The Bertz CT molecular complexity index is 650. The van der Waals surface area contributed by atoms with Crippen LogP contribution < -0.4 is 0 Å². The highest BCUT2D eigenvalue weighted by molar-refractivity contribution is 6.06. The van der Waals surface area contributed by atoms with Gasteiger partial charge in [-0.05, 0) is 36.0 Å². The number of carbonyl (C=O) groups is 2. The van der Waals surface area contributed by atoms with Crippen molar-refractivity contribution in [3.8, 4) is 0 Å². The zero-order valence-corrected chi connectivity index (χ0v) is 11.1. The van der Waals surface area contributed by atoms with E-state index < -0.39 is 0 Å². The Labute approximate surface area is 120 Å². The molecule has 4 rings (SSSR count). The smallest absolute Gasteiger partial charge is 0.254 e. The maximum atomic E-state index is 12.8. The molecule has 5 heteroatoms. The monoisotopic (exact) mass is 284 g/mol. The molecule has 0 unspecified atom stereocenters. The maximum Gasteiger partial charge on any atom is 0.254 e. The number of allylic oxidation sites excluding steroid dienone is 2. The molecule has 4 atom stereocenters. The average molecular weight is 284 g/mol. The number of hydrogen-bond donors (Lipinski definition) is 0. The minimum absolute atomic E-state index is 0.183. The van der Waals surface area contributed by atoms with Gasteiger partial charge in [0.05, 0.1) is 18.1 Å². The fraction of sp³-hybridized carbons (Fsp3) is 0.312. The Morgan fingerprint density at radius 3 is 2.19 bits per heavy atom. The van der Waals surface area contributed by atoms with Gasteiger partial charge in [0, 0.05) is 0 Å². The summed E-state index contributed by atoms with van der Waals surface area (Å²) in [6.45, 7) is 0. The normalized spacial score (nSPS) is 33.5. The lowest BCUT2D eigenvalue weighted by Crippen LogP contribution is -2.28. The molecule has 106 valence electrons. The van der Waals surface area contributed by atoms with E-state index in [9.17, 15) is 14.0 Å². The van der Waals surface area contributed by atoms with Gasteiger partial charge in [0.1, 0.15) is 5.82 Å². The number of imide groups is 1. The Balaban J connectivity index is 1.58. The van der Waals surface area contributed by atoms with E-state index in [0.717, 1.165) is 11.4 Å². The van der Waals surface area contributed by atoms with E-state index in [0.29, 0.717) is 5.56 Å². The lowest BCUT2D eigenvalue weighted by molar-refractivity contribution is -0.140. The first-order valence-corrected chi connectivity index (χ1v) is 7.01. The fourth-order valence-electron chi connectivity index (χ4n) is 3.67. The third-order valence-corrected chi connectivity index (χ3v) is 4.64. The van der Waals surface area contributed by atoms with Crippen LogP contribution in [0.15, 0.2) is 41.5 Å². The number of carbonyl (C=O) groups excluding carboxylic acids is 2. The van der Waals surface area contributed by atoms with Crippen LogP contribution >= 0.6 is 0 Å². The van der Waals surface area contributed by atoms with Gasteiger partial charge in [-0.15, -0.1) is 0 Å². The number of amides is 2. The van der Waals surface area contributed by atoms with Crippen molar-refractivity contribution in [3.63, 3.8) is 0 Å². The van der Waals surface area contributed by atoms with Crippen LogP contribution in [0, 0.1) is 29.5 Å². The van der Waals surface area contributed by atoms with Gasteiger partial charge in [-0.2, -0.15) is 10.1 Å². The third kappa shape index (κ3) is 1.77. The zero-order chi connectivity index (χ0) is 14.6. The largest absolute Gasteiger partial charge is 0.272 e. The van der Waals surface area contributed by atoms with Gasteiger partial charge >= 0.3 is 0 Å². The molecule has 2 fully saturated rings. The number of halogens is 1. The first kappa shape index (κ1) is 12.4. The summed E-state index contributed by atoms with van der Waals surface area (Å²) in [5.74, 6) is -0.862. The topological polar surface area (TPSA) is 49.7 Å². The standard InChI is InChI=1S/C16H13FN2O2/c17-12-5-1-9(2-6-12)8-18-19-15(20)13-10-3-4-11(7-10)14(13)16(19)21/h1-6,8,10-11,13-14H,7H2/b18-8-/t10-,11-,13-,14-/m0/s1. The van der Waals surface area contributed by atoms with E-state index in [1.165, 1.54) is 18.3 Å². The first-order chi connectivity index (χ1) is 10.1. The summed E-state index contributed by atoms with van der Waals surface area (Å²) >= 11 is 0. The highest BCUT2D eigenvalue weighted by Crippen LogP contribution is 2.52. The van der Waals surface area contributed by atoms with Crippen LogP contribution in [0.2, 0.25) is 0 Å². The highest BCUT2D eigenvalue weighted by Gasteiger charge is 2.59. The predicted octanol–water partition coefficient (Wildman–Crippen LogP) is 1.97. The summed E-state index contributed by atoms with van der Waals surface area (Å²) in [6, 6.07) is 5.73. The third-order valence-electron chi connectivity index (χ3n) is 4.64. The van der Waals surface area contributed by atoms with Gasteiger partial charge in [-0.1, -0.05) is 24.3 Å². The molecule has 1 aromatic rings. The quantitative estimate of drug-likeness (QED) is 0.473. The first-order valence-electron chi connectivity index (χ1n) is 7.01. The second kappa shape index (κ2) is 4.35. The van der Waals surface area contributed by atoms with Crippen molar-refractivity contribution in [1.82, 2.24) is 5.01 Å². The van der Waals surface area contributed by atoms with Gasteiger partial charge in [-0.25, -0.2) is 4.39 Å². The number of rotatable bonds is 2. The SMILES string of the molecule is O=C1[C@@H]2[C@@H](C(=O)N1/N=C\c1ccc(F)cc1)[C@H]1C=C[C@H]2C1. The van der Waals surface area contributed by atoms with Gasteiger partial charge in [0.15, 0.2) is 0 Å². The molecule has 1 saturated heterocycles. The van der Waals surface area contributed by atoms with E-state index in [4.69, 9.17) is 0 Å². The predicted molar refractivity (Wildman–Crippen MR) is 73.6 cm³/mol. The molecule has 2 amide bonds. The van der Waals surface area contributed by atoms with E-state index in [-0.39, 0.29) is 41.3 Å². The van der Waals surface area contributed by atoms with E-state index in [1.807, 2.05) is 12.2 Å². The molecule has 0 N–H and O–H groups in total. The van der Waals surface area contributed by atoms with Crippen molar-refractivity contribution < 1.29 is 14.0 Å². The van der Waals surface area contributed by atoms with Gasteiger partial charge in [0.2, 0.25) is 0 Å². The number of fused-ring (bicyclic) bond motifs is 5. The summed E-state index contributed by atoms with van der Waals surface area (Å²) in [5, 5.41) is 5.01. The van der Waals surface area contributed by atoms with E-state index in [2.05, 4.69) is 5.10 Å². The van der Waals surface area contributed by atoms with Crippen molar-refractivity contribution in [1.29, 1.82) is 0 Å².